The minimum atomic E-state index is -4.15. The molecule has 0 aliphatic rings. The van der Waals surface area contributed by atoms with Crippen molar-refractivity contribution in [1.82, 2.24) is 0 Å². The van der Waals surface area contributed by atoms with Crippen LogP contribution in [-0.4, -0.2) is 16.8 Å². The fourth-order valence-corrected chi connectivity index (χ4v) is 3.39. The van der Waals surface area contributed by atoms with E-state index in [4.69, 9.17) is 0 Å². The lowest BCUT2D eigenvalue weighted by molar-refractivity contribution is 0.531. The molecule has 0 aromatic heterocycles. The molecular weight excluding hydrogens is 342 g/mol. The first kappa shape index (κ1) is 15.9. The van der Waals surface area contributed by atoms with Gasteiger partial charge >= 0.3 is 0 Å². The monoisotopic (exact) mass is 350 g/mol. The molecule has 0 aliphatic carbocycles. The van der Waals surface area contributed by atoms with Gasteiger partial charge in [-0.25, -0.2) is 25.6 Å². The lowest BCUT2D eigenvalue weighted by Gasteiger charge is -2.07. The Morgan fingerprint density at radius 3 is 1.81 bits per heavy atom. The normalized spacial score (nSPS) is 11.8. The highest BCUT2D eigenvalue weighted by Gasteiger charge is 2.21. The van der Waals surface area contributed by atoms with Crippen molar-refractivity contribution < 1.29 is 25.6 Å². The third kappa shape index (κ3) is 3.09. The second-order valence-corrected chi connectivity index (χ2v) is 7.42. The van der Waals surface area contributed by atoms with Crippen LogP contribution >= 0.6 is 12.6 Å². The Labute approximate surface area is 126 Å². The second kappa shape index (κ2) is 5.74. The van der Waals surface area contributed by atoms with Crippen LogP contribution in [0.25, 0.3) is 0 Å². The molecule has 0 amide bonds. The van der Waals surface area contributed by atoms with Crippen molar-refractivity contribution in [2.75, 3.05) is 0 Å². The number of thiol groups is 2. The van der Waals surface area contributed by atoms with Gasteiger partial charge in [-0.05, 0) is 36.4 Å². The highest BCUT2D eigenvalue weighted by molar-refractivity contribution is 7.91. The molecule has 0 radical (unpaired) electrons. The largest absolute Gasteiger partial charge is 0.227 e. The van der Waals surface area contributed by atoms with Crippen LogP contribution in [0.5, 0.6) is 0 Å². The smallest absolute Gasteiger partial charge is 0.206 e. The van der Waals surface area contributed by atoms with Gasteiger partial charge in [0.15, 0.2) is 10.7 Å². The van der Waals surface area contributed by atoms with Crippen molar-refractivity contribution >= 4 is 33.2 Å². The maximum Gasteiger partial charge on any atom is 0.206 e. The highest BCUT2D eigenvalue weighted by Crippen LogP contribution is 2.26. The van der Waals surface area contributed by atoms with Crippen LogP contribution in [-0.2, 0) is 20.5 Å². The summed E-state index contributed by atoms with van der Waals surface area (Å²) in [6.45, 7) is 0. The van der Waals surface area contributed by atoms with Crippen LogP contribution < -0.4 is 0 Å². The molecule has 0 bridgehead atoms. The summed E-state index contributed by atoms with van der Waals surface area (Å²) in [5.41, 5.74) is 0. The Bertz CT molecular complexity index is 841. The average molecular weight is 350 g/mol. The van der Waals surface area contributed by atoms with Crippen LogP contribution in [0.1, 0.15) is 0 Å². The third-order valence-electron chi connectivity index (χ3n) is 2.66. The zero-order valence-corrected chi connectivity index (χ0v) is 12.8. The van der Waals surface area contributed by atoms with E-state index in [0.717, 1.165) is 24.3 Å². The zero-order chi connectivity index (χ0) is 15.8. The van der Waals surface area contributed by atoms with E-state index in [1.54, 1.807) is 0 Å². The quantitative estimate of drug-likeness (QED) is 0.832. The molecule has 0 N–H and O–H groups in total. The predicted molar refractivity (Wildman–Crippen MR) is 74.1 cm³/mol. The fourth-order valence-electron chi connectivity index (χ4n) is 1.58. The van der Waals surface area contributed by atoms with Crippen molar-refractivity contribution in [3.63, 3.8) is 0 Å². The molecule has 0 saturated heterocycles. The van der Waals surface area contributed by atoms with Crippen LogP contribution in [0.3, 0.4) is 0 Å². The standard InChI is InChI=1S/C12H8F2O4S3/c13-10-5-9(6-11(14)12(10)19)21(17,18)8-3-1-7(2-4-8)20(15)16/h1-6,19-20H. The molecule has 21 heavy (non-hydrogen) atoms. The van der Waals surface area contributed by atoms with Crippen LogP contribution in [0.15, 0.2) is 56.0 Å². The molecule has 112 valence electrons. The fraction of sp³-hybridized carbons (Fsp3) is 0. The molecule has 0 saturated carbocycles. The number of hydrogen-bond acceptors (Lipinski definition) is 5. The Kier molecular flexibility index (Phi) is 4.35. The SMILES string of the molecule is O=[SH](=O)c1ccc(S(=O)(=O)c2cc(F)c(S)c(F)c2)cc1. The summed E-state index contributed by atoms with van der Waals surface area (Å²) in [6, 6.07) is 5.61. The number of benzene rings is 2. The van der Waals surface area contributed by atoms with Crippen LogP contribution in [0, 0.1) is 11.6 Å². The molecule has 2 aromatic rings. The number of sulfone groups is 1. The van der Waals surface area contributed by atoms with Gasteiger partial charge in [0.1, 0.15) is 11.6 Å². The molecule has 4 nitrogen and oxygen atoms in total. The summed E-state index contributed by atoms with van der Waals surface area (Å²) in [4.78, 5) is -1.48. The van der Waals surface area contributed by atoms with Crippen molar-refractivity contribution in [2.45, 2.75) is 19.6 Å². The predicted octanol–water partition coefficient (Wildman–Crippen LogP) is 2.06. The summed E-state index contributed by atoms with van der Waals surface area (Å²) in [6.07, 6.45) is 0. The summed E-state index contributed by atoms with van der Waals surface area (Å²) in [5.74, 6) is -2.20. The summed E-state index contributed by atoms with van der Waals surface area (Å²) in [7, 11) is -6.99. The highest BCUT2D eigenvalue weighted by atomic mass is 32.2. The first-order chi connectivity index (χ1) is 9.73. The Morgan fingerprint density at radius 1 is 0.905 bits per heavy atom. The van der Waals surface area contributed by atoms with Crippen LogP contribution in [0.4, 0.5) is 8.78 Å². The van der Waals surface area contributed by atoms with E-state index >= 15 is 0 Å². The van der Waals surface area contributed by atoms with Crippen molar-refractivity contribution in [3.05, 3.63) is 48.0 Å². The minimum Gasteiger partial charge on any atom is -0.227 e. The molecule has 0 heterocycles. The number of halogens is 2. The van der Waals surface area contributed by atoms with E-state index in [1.165, 1.54) is 0 Å². The molecular formula is C12H8F2O4S3. The van der Waals surface area contributed by atoms with E-state index in [9.17, 15) is 25.6 Å². The Hall–Kier alpha value is -1.45. The first-order valence-corrected chi connectivity index (χ1v) is 8.52. The maximum atomic E-state index is 13.4. The second-order valence-electron chi connectivity index (χ2n) is 3.99. The summed E-state index contributed by atoms with van der Waals surface area (Å²) in [5, 5.41) is 0. The molecule has 2 aromatic carbocycles. The van der Waals surface area contributed by atoms with E-state index in [0.29, 0.717) is 12.1 Å². The molecule has 0 aliphatic heterocycles. The number of hydrogen-bond donors (Lipinski definition) is 2. The van der Waals surface area contributed by atoms with Gasteiger partial charge in [-0.15, -0.1) is 12.6 Å². The molecule has 0 atom stereocenters. The van der Waals surface area contributed by atoms with Gasteiger partial charge < -0.3 is 0 Å². The lowest BCUT2D eigenvalue weighted by Crippen LogP contribution is -2.04. The molecule has 0 unspecified atom stereocenters. The molecule has 9 heteroatoms. The molecule has 0 fully saturated rings. The van der Waals surface area contributed by atoms with Gasteiger partial charge in [-0.3, -0.25) is 0 Å². The molecule has 0 spiro atoms. The first-order valence-electron chi connectivity index (χ1n) is 5.41. The van der Waals surface area contributed by atoms with Gasteiger partial charge in [0.25, 0.3) is 0 Å². The van der Waals surface area contributed by atoms with Crippen molar-refractivity contribution in [2.24, 2.45) is 0 Å². The van der Waals surface area contributed by atoms with E-state index in [1.807, 2.05) is 0 Å². The van der Waals surface area contributed by atoms with Gasteiger partial charge in [0.05, 0.1) is 19.6 Å². The lowest BCUT2D eigenvalue weighted by atomic mass is 10.3. The topological polar surface area (TPSA) is 68.3 Å². The maximum absolute atomic E-state index is 13.4. The summed E-state index contributed by atoms with van der Waals surface area (Å²) < 4.78 is 72.7. The van der Waals surface area contributed by atoms with Gasteiger partial charge in [0, 0.05) is 0 Å². The van der Waals surface area contributed by atoms with Gasteiger partial charge in [-0.2, -0.15) is 0 Å². The van der Waals surface area contributed by atoms with E-state index in [-0.39, 0.29) is 9.79 Å². The minimum absolute atomic E-state index is 0.0629. The van der Waals surface area contributed by atoms with Crippen molar-refractivity contribution in [1.29, 1.82) is 0 Å². The van der Waals surface area contributed by atoms with Crippen molar-refractivity contribution in [3.8, 4) is 0 Å². The van der Waals surface area contributed by atoms with Crippen LogP contribution in [0.2, 0.25) is 0 Å². The Morgan fingerprint density at radius 2 is 1.38 bits per heavy atom. The average Bonchev–Trinajstić information content (AvgIpc) is 2.44. The van der Waals surface area contributed by atoms with Gasteiger partial charge in [-0.1, -0.05) is 0 Å². The third-order valence-corrected chi connectivity index (χ3v) is 5.55. The molecule has 2 rings (SSSR count). The van der Waals surface area contributed by atoms with Gasteiger partial charge in [0.2, 0.25) is 9.84 Å². The van der Waals surface area contributed by atoms with E-state index < -0.39 is 42.0 Å². The van der Waals surface area contributed by atoms with E-state index in [2.05, 4.69) is 12.6 Å². The number of rotatable bonds is 3. The Balaban J connectivity index is 2.56. The summed E-state index contributed by atoms with van der Waals surface area (Å²) >= 11 is 3.57. The zero-order valence-electron chi connectivity index (χ0n) is 10.2.